The van der Waals surface area contributed by atoms with E-state index in [9.17, 15) is 14.7 Å². The highest BCUT2D eigenvalue weighted by atomic mass is 35.5. The summed E-state index contributed by atoms with van der Waals surface area (Å²) < 4.78 is 0. The van der Waals surface area contributed by atoms with E-state index in [0.29, 0.717) is 16.3 Å². The lowest BCUT2D eigenvalue weighted by Crippen LogP contribution is -2.29. The number of hydrogen-bond acceptors (Lipinski definition) is 4. The van der Waals surface area contributed by atoms with Crippen LogP contribution in [0.1, 0.15) is 40.5 Å². The fraction of sp³-hybridized carbons (Fsp3) is 0.200. The van der Waals surface area contributed by atoms with Crippen LogP contribution in [0.25, 0.3) is 5.76 Å². The third kappa shape index (κ3) is 3.48. The van der Waals surface area contributed by atoms with Crippen molar-refractivity contribution in [3.63, 3.8) is 0 Å². The van der Waals surface area contributed by atoms with E-state index < -0.39 is 17.7 Å². The first kappa shape index (κ1) is 20.0. The molecule has 5 rings (SSSR count). The lowest BCUT2D eigenvalue weighted by Gasteiger charge is -2.24. The van der Waals surface area contributed by atoms with Gasteiger partial charge in [0.1, 0.15) is 11.8 Å². The van der Waals surface area contributed by atoms with Crippen molar-refractivity contribution < 1.29 is 14.7 Å². The number of aryl methyl sites for hydroxylation is 2. The number of rotatable bonds is 3. The molecule has 1 amide bonds. The summed E-state index contributed by atoms with van der Waals surface area (Å²) in [7, 11) is 0. The summed E-state index contributed by atoms with van der Waals surface area (Å²) in [5, 5.41) is 13.7. The SMILES string of the molecule is O=C1C(=O)N(c2ccc(Cl)cc2)C(c2cccs2)/C1=C(/O)c1ccc2c(c1)CCCC2. The molecule has 0 bridgehead atoms. The third-order valence-corrected chi connectivity index (χ3v) is 7.16. The van der Waals surface area contributed by atoms with Crippen LogP contribution in [-0.4, -0.2) is 16.8 Å². The summed E-state index contributed by atoms with van der Waals surface area (Å²) in [4.78, 5) is 28.5. The summed E-state index contributed by atoms with van der Waals surface area (Å²) in [6.07, 6.45) is 4.28. The largest absolute Gasteiger partial charge is 0.507 e. The number of nitrogens with zero attached hydrogens (tertiary/aromatic N) is 1. The van der Waals surface area contributed by atoms with Crippen molar-refractivity contribution in [1.29, 1.82) is 0 Å². The van der Waals surface area contributed by atoms with Gasteiger partial charge in [0.15, 0.2) is 0 Å². The number of carbonyl (C=O) groups is 2. The summed E-state index contributed by atoms with van der Waals surface area (Å²) in [5.74, 6) is -1.45. The number of aliphatic hydroxyl groups excluding tert-OH is 1. The molecule has 1 saturated heterocycles. The Kier molecular flexibility index (Phi) is 5.16. The lowest BCUT2D eigenvalue weighted by atomic mass is 9.89. The van der Waals surface area contributed by atoms with Gasteiger partial charge in [-0.2, -0.15) is 0 Å². The molecule has 6 heteroatoms. The zero-order valence-corrected chi connectivity index (χ0v) is 18.2. The number of ketones is 1. The Hall–Kier alpha value is -2.89. The number of hydrogen-bond donors (Lipinski definition) is 1. The average molecular weight is 450 g/mol. The topological polar surface area (TPSA) is 57.6 Å². The Labute approximate surface area is 189 Å². The van der Waals surface area contributed by atoms with E-state index in [-0.39, 0.29) is 11.3 Å². The highest BCUT2D eigenvalue weighted by molar-refractivity contribution is 7.10. The van der Waals surface area contributed by atoms with E-state index in [1.54, 1.807) is 24.3 Å². The van der Waals surface area contributed by atoms with Crippen LogP contribution >= 0.6 is 22.9 Å². The second kappa shape index (κ2) is 7.98. The first-order chi connectivity index (χ1) is 15.0. The fourth-order valence-corrected chi connectivity index (χ4v) is 5.40. The van der Waals surface area contributed by atoms with Crippen LogP contribution < -0.4 is 4.90 Å². The number of Topliss-reactive ketones (excluding diaryl/α,β-unsaturated/α-hetero) is 1. The Bertz CT molecular complexity index is 1200. The molecular formula is C25H20ClNO3S. The molecule has 31 heavy (non-hydrogen) atoms. The van der Waals surface area contributed by atoms with Gasteiger partial charge in [-0.15, -0.1) is 11.3 Å². The Balaban J connectivity index is 1.66. The summed E-state index contributed by atoms with van der Waals surface area (Å²) in [6.45, 7) is 0. The van der Waals surface area contributed by atoms with Crippen molar-refractivity contribution in [2.24, 2.45) is 0 Å². The van der Waals surface area contributed by atoms with Crippen molar-refractivity contribution in [1.82, 2.24) is 0 Å². The van der Waals surface area contributed by atoms with Gasteiger partial charge in [0.25, 0.3) is 11.7 Å². The van der Waals surface area contributed by atoms with Crippen LogP contribution in [0.15, 0.2) is 65.6 Å². The standard InChI is InChI=1S/C25H20ClNO3S/c26-18-9-11-19(12-10-18)27-22(20-6-3-13-31-20)21(24(29)25(27)30)23(28)17-8-7-15-4-1-2-5-16(15)14-17/h3,6-14,22,28H,1-2,4-5H2/b23-21-. The minimum atomic E-state index is -0.683. The molecule has 1 atom stereocenters. The maximum Gasteiger partial charge on any atom is 0.300 e. The highest BCUT2D eigenvalue weighted by Gasteiger charge is 2.47. The zero-order valence-electron chi connectivity index (χ0n) is 16.7. The first-order valence-electron chi connectivity index (χ1n) is 10.3. The van der Waals surface area contributed by atoms with Gasteiger partial charge in [-0.1, -0.05) is 29.8 Å². The molecular weight excluding hydrogens is 430 g/mol. The number of amides is 1. The number of halogens is 1. The van der Waals surface area contributed by atoms with Gasteiger partial charge >= 0.3 is 0 Å². The van der Waals surface area contributed by atoms with Gasteiger partial charge in [0.05, 0.1) is 5.57 Å². The number of benzene rings is 2. The molecule has 1 aromatic heterocycles. The van der Waals surface area contributed by atoms with Gasteiger partial charge in [0.2, 0.25) is 0 Å². The van der Waals surface area contributed by atoms with E-state index in [1.165, 1.54) is 33.8 Å². The van der Waals surface area contributed by atoms with E-state index >= 15 is 0 Å². The van der Waals surface area contributed by atoms with Crippen LogP contribution in [0.5, 0.6) is 0 Å². The minimum Gasteiger partial charge on any atom is -0.507 e. The number of aliphatic hydroxyl groups is 1. The van der Waals surface area contributed by atoms with Crippen LogP contribution in [0.2, 0.25) is 5.02 Å². The van der Waals surface area contributed by atoms with Crippen LogP contribution in [0.3, 0.4) is 0 Å². The van der Waals surface area contributed by atoms with Crippen molar-refractivity contribution in [3.05, 3.63) is 92.1 Å². The molecule has 4 nitrogen and oxygen atoms in total. The zero-order chi connectivity index (χ0) is 21.5. The molecule has 1 aliphatic carbocycles. The van der Waals surface area contributed by atoms with E-state index in [2.05, 4.69) is 0 Å². The van der Waals surface area contributed by atoms with Crippen molar-refractivity contribution in [2.75, 3.05) is 4.90 Å². The van der Waals surface area contributed by atoms with Gasteiger partial charge in [0, 0.05) is 21.2 Å². The molecule has 1 aliphatic heterocycles. The summed E-state index contributed by atoms with van der Waals surface area (Å²) >= 11 is 7.47. The highest BCUT2D eigenvalue weighted by Crippen LogP contribution is 2.44. The third-order valence-electron chi connectivity index (χ3n) is 5.98. The molecule has 0 saturated carbocycles. The van der Waals surface area contributed by atoms with E-state index in [1.807, 2.05) is 35.7 Å². The number of thiophene rings is 1. The normalized spacial score (nSPS) is 20.2. The molecule has 156 valence electrons. The molecule has 0 radical (unpaired) electrons. The first-order valence-corrected chi connectivity index (χ1v) is 11.5. The number of carbonyl (C=O) groups excluding carboxylic acids is 2. The predicted octanol–water partition coefficient (Wildman–Crippen LogP) is 5.91. The molecule has 3 aromatic rings. The Morgan fingerprint density at radius 2 is 1.74 bits per heavy atom. The Morgan fingerprint density at radius 3 is 2.45 bits per heavy atom. The average Bonchev–Trinajstić information content (AvgIpc) is 3.41. The minimum absolute atomic E-state index is 0.123. The van der Waals surface area contributed by atoms with E-state index in [4.69, 9.17) is 11.6 Å². The van der Waals surface area contributed by atoms with E-state index in [0.717, 1.165) is 24.1 Å². The number of anilines is 1. The predicted molar refractivity (Wildman–Crippen MR) is 124 cm³/mol. The van der Waals surface area contributed by atoms with Crippen molar-refractivity contribution >= 4 is 46.1 Å². The fourth-order valence-electron chi connectivity index (χ4n) is 4.45. The monoisotopic (exact) mass is 449 g/mol. The molecule has 1 fully saturated rings. The second-order valence-electron chi connectivity index (χ2n) is 7.85. The molecule has 1 unspecified atom stereocenters. The maximum atomic E-state index is 13.1. The van der Waals surface area contributed by atoms with Gasteiger partial charge < -0.3 is 5.11 Å². The second-order valence-corrected chi connectivity index (χ2v) is 9.27. The lowest BCUT2D eigenvalue weighted by molar-refractivity contribution is -0.132. The van der Waals surface area contributed by atoms with Crippen LogP contribution in [-0.2, 0) is 22.4 Å². The molecule has 2 aromatic carbocycles. The summed E-state index contributed by atoms with van der Waals surface area (Å²) in [5.41, 5.74) is 3.76. The quantitative estimate of drug-likeness (QED) is 0.307. The smallest absolute Gasteiger partial charge is 0.300 e. The van der Waals surface area contributed by atoms with Crippen molar-refractivity contribution in [2.45, 2.75) is 31.7 Å². The maximum absolute atomic E-state index is 13.1. The van der Waals surface area contributed by atoms with Crippen LogP contribution in [0, 0.1) is 0 Å². The van der Waals surface area contributed by atoms with Gasteiger partial charge in [-0.05, 0) is 78.6 Å². The number of fused-ring (bicyclic) bond motifs is 1. The molecule has 2 aliphatic rings. The molecule has 0 spiro atoms. The van der Waals surface area contributed by atoms with Crippen molar-refractivity contribution in [3.8, 4) is 0 Å². The Morgan fingerprint density at radius 1 is 1.00 bits per heavy atom. The summed E-state index contributed by atoms with van der Waals surface area (Å²) in [6, 6.07) is 15.7. The van der Waals surface area contributed by atoms with Crippen LogP contribution in [0.4, 0.5) is 5.69 Å². The molecule has 2 heterocycles. The molecule has 1 N–H and O–H groups in total. The van der Waals surface area contributed by atoms with Gasteiger partial charge in [-0.25, -0.2) is 0 Å². The van der Waals surface area contributed by atoms with Gasteiger partial charge in [-0.3, -0.25) is 14.5 Å².